The van der Waals surface area contributed by atoms with Gasteiger partial charge in [0.15, 0.2) is 0 Å². The van der Waals surface area contributed by atoms with E-state index < -0.39 is 5.82 Å². The zero-order valence-corrected chi connectivity index (χ0v) is 19.4. The molecule has 2 aliphatic carbocycles. The van der Waals surface area contributed by atoms with Gasteiger partial charge in [-0.1, -0.05) is 81.7 Å². The van der Waals surface area contributed by atoms with Crippen LogP contribution >= 0.6 is 11.6 Å². The van der Waals surface area contributed by atoms with Crippen molar-refractivity contribution in [2.24, 2.45) is 17.8 Å². The lowest BCUT2D eigenvalue weighted by Gasteiger charge is -2.32. The fourth-order valence-electron chi connectivity index (χ4n) is 5.87. The molecule has 0 N–H and O–H groups in total. The Morgan fingerprint density at radius 2 is 1.35 bits per heavy atom. The molecule has 0 bridgehead atoms. The van der Waals surface area contributed by atoms with Crippen molar-refractivity contribution in [3.05, 3.63) is 58.6 Å². The topological polar surface area (TPSA) is 0 Å². The van der Waals surface area contributed by atoms with Crippen molar-refractivity contribution in [3.63, 3.8) is 0 Å². The smallest absolute Gasteiger partial charge is 0.142 e. The van der Waals surface area contributed by atoms with Crippen LogP contribution in [0.3, 0.4) is 0 Å². The van der Waals surface area contributed by atoms with Crippen LogP contribution in [0.1, 0.15) is 89.0 Å². The standard InChI is InChI=1S/C28H35ClF2/c1-2-19-3-5-20(6-4-19)7-8-21-9-11-22(12-10-21)23-13-15-25(27(30)17-23)24-14-16-26(29)28(31)18-24/h13-22H,2-12H2,1H3/t19-,20-,21?,22?. The summed E-state index contributed by atoms with van der Waals surface area (Å²) in [6, 6.07) is 9.95. The molecule has 0 heterocycles. The highest BCUT2D eigenvalue weighted by Crippen LogP contribution is 2.41. The number of hydrogen-bond donors (Lipinski definition) is 0. The van der Waals surface area contributed by atoms with Gasteiger partial charge in [-0.3, -0.25) is 0 Å². The molecule has 168 valence electrons. The average Bonchev–Trinajstić information content (AvgIpc) is 2.80. The molecule has 0 amide bonds. The van der Waals surface area contributed by atoms with Crippen LogP contribution in [0.15, 0.2) is 36.4 Å². The largest absolute Gasteiger partial charge is 0.206 e. The van der Waals surface area contributed by atoms with Crippen molar-refractivity contribution >= 4 is 11.6 Å². The highest BCUT2D eigenvalue weighted by molar-refractivity contribution is 6.30. The average molecular weight is 445 g/mol. The van der Waals surface area contributed by atoms with Crippen LogP contribution in [-0.4, -0.2) is 0 Å². The van der Waals surface area contributed by atoms with E-state index in [9.17, 15) is 8.78 Å². The van der Waals surface area contributed by atoms with Crippen LogP contribution in [-0.2, 0) is 0 Å². The number of hydrogen-bond acceptors (Lipinski definition) is 0. The van der Waals surface area contributed by atoms with Gasteiger partial charge in [-0.25, -0.2) is 8.78 Å². The Labute approximate surface area is 191 Å². The molecule has 2 aliphatic rings. The Hall–Kier alpha value is -1.41. The third kappa shape index (κ3) is 5.69. The van der Waals surface area contributed by atoms with Gasteiger partial charge >= 0.3 is 0 Å². The Morgan fingerprint density at radius 3 is 1.94 bits per heavy atom. The van der Waals surface area contributed by atoms with Gasteiger partial charge in [-0.2, -0.15) is 0 Å². The summed E-state index contributed by atoms with van der Waals surface area (Å²) < 4.78 is 28.6. The van der Waals surface area contributed by atoms with Crippen molar-refractivity contribution < 1.29 is 8.78 Å². The van der Waals surface area contributed by atoms with Gasteiger partial charge in [0.1, 0.15) is 11.6 Å². The lowest BCUT2D eigenvalue weighted by atomic mass is 9.74. The van der Waals surface area contributed by atoms with Crippen LogP contribution in [0.5, 0.6) is 0 Å². The maximum Gasteiger partial charge on any atom is 0.142 e. The fourth-order valence-corrected chi connectivity index (χ4v) is 5.98. The zero-order valence-electron chi connectivity index (χ0n) is 18.7. The van der Waals surface area contributed by atoms with E-state index in [4.69, 9.17) is 11.6 Å². The molecule has 2 aromatic rings. The van der Waals surface area contributed by atoms with Crippen LogP contribution in [0, 0.1) is 29.4 Å². The first-order chi connectivity index (χ1) is 15.0. The minimum absolute atomic E-state index is 0.0613. The van der Waals surface area contributed by atoms with Gasteiger partial charge in [0.2, 0.25) is 0 Å². The Kier molecular flexibility index (Phi) is 7.69. The SMILES string of the molecule is CC[C@H]1CC[C@H](CCC2CCC(c3ccc(-c4ccc(Cl)c(F)c4)c(F)c3)CC2)CC1. The maximum atomic E-state index is 14.8. The monoisotopic (exact) mass is 444 g/mol. The first-order valence-corrected chi connectivity index (χ1v) is 12.7. The molecular weight excluding hydrogens is 410 g/mol. The van der Waals surface area contributed by atoms with E-state index in [0.29, 0.717) is 17.0 Å². The van der Waals surface area contributed by atoms with E-state index in [2.05, 4.69) is 6.92 Å². The van der Waals surface area contributed by atoms with E-state index in [1.807, 2.05) is 6.07 Å². The van der Waals surface area contributed by atoms with Crippen LogP contribution < -0.4 is 0 Å². The molecule has 0 aliphatic heterocycles. The predicted octanol–water partition coefficient (Wildman–Crippen LogP) is 9.56. The minimum atomic E-state index is -0.514. The van der Waals surface area contributed by atoms with E-state index in [1.54, 1.807) is 18.2 Å². The van der Waals surface area contributed by atoms with Gasteiger partial charge < -0.3 is 0 Å². The molecule has 0 radical (unpaired) electrons. The van der Waals surface area contributed by atoms with Crippen molar-refractivity contribution in [2.45, 2.75) is 83.5 Å². The normalized spacial score (nSPS) is 26.7. The molecule has 0 nitrogen and oxygen atoms in total. The van der Waals surface area contributed by atoms with Gasteiger partial charge in [0.05, 0.1) is 5.02 Å². The molecule has 0 spiro atoms. The summed E-state index contributed by atoms with van der Waals surface area (Å²) in [7, 11) is 0. The van der Waals surface area contributed by atoms with Crippen LogP contribution in [0.25, 0.3) is 11.1 Å². The molecule has 31 heavy (non-hydrogen) atoms. The molecule has 2 aromatic carbocycles. The number of benzene rings is 2. The van der Waals surface area contributed by atoms with Crippen molar-refractivity contribution in [2.75, 3.05) is 0 Å². The summed E-state index contributed by atoms with van der Waals surface area (Å²) in [4.78, 5) is 0. The molecule has 0 saturated heterocycles. The highest BCUT2D eigenvalue weighted by Gasteiger charge is 2.25. The van der Waals surface area contributed by atoms with E-state index in [1.165, 1.54) is 69.9 Å². The summed E-state index contributed by atoms with van der Waals surface area (Å²) in [5.74, 6) is 2.45. The second-order valence-corrected chi connectivity index (χ2v) is 10.4. The summed E-state index contributed by atoms with van der Waals surface area (Å²) in [5.41, 5.74) is 2.06. The zero-order chi connectivity index (χ0) is 21.8. The lowest BCUT2D eigenvalue weighted by molar-refractivity contribution is 0.227. The minimum Gasteiger partial charge on any atom is -0.206 e. The Balaban J connectivity index is 1.29. The van der Waals surface area contributed by atoms with Gasteiger partial charge in [0, 0.05) is 5.56 Å². The Bertz CT molecular complexity index is 861. The molecule has 4 rings (SSSR count). The second kappa shape index (κ2) is 10.5. The summed E-state index contributed by atoms with van der Waals surface area (Å²) >= 11 is 5.76. The van der Waals surface area contributed by atoms with Crippen LogP contribution in [0.2, 0.25) is 5.02 Å². The van der Waals surface area contributed by atoms with Crippen molar-refractivity contribution in [1.29, 1.82) is 0 Å². The number of halogens is 3. The van der Waals surface area contributed by atoms with E-state index >= 15 is 0 Å². The van der Waals surface area contributed by atoms with E-state index in [0.717, 1.165) is 36.2 Å². The third-order valence-electron chi connectivity index (χ3n) is 8.07. The lowest BCUT2D eigenvalue weighted by Crippen LogP contribution is -2.17. The van der Waals surface area contributed by atoms with E-state index in [-0.39, 0.29) is 10.8 Å². The third-order valence-corrected chi connectivity index (χ3v) is 8.38. The molecule has 0 aromatic heterocycles. The summed E-state index contributed by atoms with van der Waals surface area (Å²) in [5, 5.41) is 0.0613. The molecule has 3 heteroatoms. The van der Waals surface area contributed by atoms with Gasteiger partial charge in [-0.05, 0) is 78.7 Å². The van der Waals surface area contributed by atoms with Gasteiger partial charge in [0.25, 0.3) is 0 Å². The molecule has 0 unspecified atom stereocenters. The molecule has 0 atom stereocenters. The second-order valence-electron chi connectivity index (χ2n) is 9.96. The maximum absolute atomic E-state index is 14.8. The quantitative estimate of drug-likeness (QED) is 0.416. The fraction of sp³-hybridized carbons (Fsp3) is 0.571. The van der Waals surface area contributed by atoms with Gasteiger partial charge in [-0.15, -0.1) is 0 Å². The molecule has 2 saturated carbocycles. The van der Waals surface area contributed by atoms with Crippen molar-refractivity contribution in [1.82, 2.24) is 0 Å². The highest BCUT2D eigenvalue weighted by atomic mass is 35.5. The van der Waals surface area contributed by atoms with Crippen LogP contribution in [0.4, 0.5) is 8.78 Å². The molecular formula is C28H35ClF2. The molecule has 2 fully saturated rings. The van der Waals surface area contributed by atoms with Crippen molar-refractivity contribution in [3.8, 4) is 11.1 Å². The first kappa shape index (κ1) is 22.8. The number of rotatable bonds is 6. The summed E-state index contributed by atoms with van der Waals surface area (Å²) in [6.45, 7) is 2.33. The Morgan fingerprint density at radius 1 is 0.742 bits per heavy atom. The predicted molar refractivity (Wildman–Crippen MR) is 126 cm³/mol. The summed E-state index contributed by atoms with van der Waals surface area (Å²) in [6.07, 6.45) is 14.8. The first-order valence-electron chi connectivity index (χ1n) is 12.3.